The first-order valence-electron chi connectivity index (χ1n) is 8.24. The van der Waals surface area contributed by atoms with Crippen LogP contribution in [0.4, 0.5) is 20.2 Å². The van der Waals surface area contributed by atoms with Crippen LogP contribution in [-0.4, -0.2) is 6.67 Å². The van der Waals surface area contributed by atoms with Crippen molar-refractivity contribution < 1.29 is 8.78 Å². The zero-order valence-corrected chi connectivity index (χ0v) is 15.0. The molecule has 130 valence electrons. The van der Waals surface area contributed by atoms with Crippen LogP contribution >= 0.6 is 11.3 Å². The van der Waals surface area contributed by atoms with E-state index in [0.29, 0.717) is 18.8 Å². The van der Waals surface area contributed by atoms with Gasteiger partial charge in [-0.15, -0.1) is 11.3 Å². The van der Waals surface area contributed by atoms with Crippen molar-refractivity contribution in [3.63, 3.8) is 0 Å². The lowest BCUT2D eigenvalue weighted by molar-refractivity contribution is 0.570. The summed E-state index contributed by atoms with van der Waals surface area (Å²) >= 11 is 1.60. The third-order valence-corrected chi connectivity index (χ3v) is 5.38. The van der Waals surface area contributed by atoms with Crippen LogP contribution in [0, 0.1) is 30.4 Å². The van der Waals surface area contributed by atoms with Gasteiger partial charge in [0.2, 0.25) is 0 Å². The summed E-state index contributed by atoms with van der Waals surface area (Å²) in [6, 6.07) is 11.9. The van der Waals surface area contributed by atoms with Gasteiger partial charge in [-0.2, -0.15) is 0 Å². The second-order valence-corrected chi connectivity index (χ2v) is 7.12. The first-order valence-corrected chi connectivity index (χ1v) is 9.11. The standard InChI is InChI=1S/C21H16F2N2S/c1-14-12-26-19-11-25(13-24-20(14)19)21-17(22)9-16(10-18(21)23)8-7-15-5-3-2-4-6-15/h2-6,9-10,12,24H,11,13H2,1H3. The first-order chi connectivity index (χ1) is 12.6. The second kappa shape index (κ2) is 6.81. The molecule has 0 aliphatic carbocycles. The van der Waals surface area contributed by atoms with E-state index >= 15 is 0 Å². The molecule has 0 amide bonds. The molecule has 1 aromatic heterocycles. The van der Waals surface area contributed by atoms with Crippen molar-refractivity contribution in [2.75, 3.05) is 16.9 Å². The molecule has 0 radical (unpaired) electrons. The molecule has 2 heterocycles. The SMILES string of the molecule is Cc1csc2c1NCN(c1c(F)cc(C#Cc3ccccc3)cc1F)C2. The Labute approximate surface area is 155 Å². The molecule has 1 aliphatic rings. The molecule has 0 spiro atoms. The van der Waals surface area contributed by atoms with Crippen molar-refractivity contribution >= 4 is 22.7 Å². The first kappa shape index (κ1) is 16.6. The molecule has 1 N–H and O–H groups in total. The van der Waals surface area contributed by atoms with Crippen molar-refractivity contribution in [3.05, 3.63) is 81.0 Å². The molecule has 1 aliphatic heterocycles. The third kappa shape index (κ3) is 3.16. The van der Waals surface area contributed by atoms with E-state index in [1.807, 2.05) is 37.3 Å². The molecular formula is C21H16F2N2S. The van der Waals surface area contributed by atoms with Crippen LogP contribution in [-0.2, 0) is 6.54 Å². The van der Waals surface area contributed by atoms with Crippen LogP contribution in [0.3, 0.4) is 0 Å². The van der Waals surface area contributed by atoms with Crippen molar-refractivity contribution in [2.24, 2.45) is 0 Å². The summed E-state index contributed by atoms with van der Waals surface area (Å²) in [7, 11) is 0. The quantitative estimate of drug-likeness (QED) is 0.601. The van der Waals surface area contributed by atoms with Crippen LogP contribution in [0.1, 0.15) is 21.6 Å². The minimum Gasteiger partial charge on any atom is -0.367 e. The highest BCUT2D eigenvalue weighted by molar-refractivity contribution is 7.10. The number of nitrogens with zero attached hydrogens (tertiary/aromatic N) is 1. The lowest BCUT2D eigenvalue weighted by atomic mass is 10.1. The third-order valence-electron chi connectivity index (χ3n) is 4.29. The Morgan fingerprint density at radius 3 is 2.46 bits per heavy atom. The number of thiophene rings is 1. The van der Waals surface area contributed by atoms with Gasteiger partial charge in [-0.25, -0.2) is 8.78 Å². The summed E-state index contributed by atoms with van der Waals surface area (Å²) in [5.41, 5.74) is 3.36. The maximum Gasteiger partial charge on any atom is 0.150 e. The average molecular weight is 366 g/mol. The summed E-state index contributed by atoms with van der Waals surface area (Å²) in [5.74, 6) is 4.56. The highest BCUT2D eigenvalue weighted by Crippen LogP contribution is 2.35. The molecule has 4 rings (SSSR count). The Morgan fingerprint density at radius 2 is 1.73 bits per heavy atom. The molecule has 2 aromatic carbocycles. The molecule has 0 unspecified atom stereocenters. The number of fused-ring (bicyclic) bond motifs is 1. The largest absolute Gasteiger partial charge is 0.367 e. The zero-order chi connectivity index (χ0) is 18.1. The molecule has 3 aromatic rings. The highest BCUT2D eigenvalue weighted by Gasteiger charge is 2.24. The number of nitrogens with one attached hydrogen (secondary N) is 1. The number of anilines is 2. The summed E-state index contributed by atoms with van der Waals surface area (Å²) in [6.07, 6.45) is 0. The fraction of sp³-hybridized carbons (Fsp3) is 0.143. The van der Waals surface area contributed by atoms with Gasteiger partial charge in [0, 0.05) is 16.0 Å². The van der Waals surface area contributed by atoms with E-state index in [9.17, 15) is 8.78 Å². The van der Waals surface area contributed by atoms with Gasteiger partial charge in [0.15, 0.2) is 11.6 Å². The predicted molar refractivity (Wildman–Crippen MR) is 103 cm³/mol. The van der Waals surface area contributed by atoms with E-state index in [-0.39, 0.29) is 5.69 Å². The van der Waals surface area contributed by atoms with Crippen molar-refractivity contribution in [1.82, 2.24) is 0 Å². The molecule has 0 saturated heterocycles. The molecule has 2 nitrogen and oxygen atoms in total. The predicted octanol–water partition coefficient (Wildman–Crippen LogP) is 5.12. The summed E-state index contributed by atoms with van der Waals surface area (Å²) in [6.45, 7) is 2.89. The number of halogens is 2. The van der Waals surface area contributed by atoms with Crippen LogP contribution in [0.15, 0.2) is 47.8 Å². The van der Waals surface area contributed by atoms with Crippen LogP contribution in [0.5, 0.6) is 0 Å². The Bertz CT molecular complexity index is 992. The number of hydrogen-bond donors (Lipinski definition) is 1. The minimum absolute atomic E-state index is 0.0144. The van der Waals surface area contributed by atoms with Crippen LogP contribution < -0.4 is 10.2 Å². The highest BCUT2D eigenvalue weighted by atomic mass is 32.1. The molecular weight excluding hydrogens is 350 g/mol. The Kier molecular flexibility index (Phi) is 4.36. The number of hydrogen-bond acceptors (Lipinski definition) is 3. The van der Waals surface area contributed by atoms with Crippen molar-refractivity contribution in [3.8, 4) is 11.8 Å². The fourth-order valence-electron chi connectivity index (χ4n) is 3.02. The van der Waals surface area contributed by atoms with E-state index in [1.165, 1.54) is 12.1 Å². The van der Waals surface area contributed by atoms with Gasteiger partial charge in [-0.05, 0) is 42.1 Å². The summed E-state index contributed by atoms with van der Waals surface area (Å²) in [5, 5.41) is 5.30. The van der Waals surface area contributed by atoms with Crippen LogP contribution in [0.2, 0.25) is 0 Å². The van der Waals surface area contributed by atoms with Gasteiger partial charge >= 0.3 is 0 Å². The molecule has 0 atom stereocenters. The Hall–Kier alpha value is -2.84. The number of benzene rings is 2. The van der Waals surface area contributed by atoms with Gasteiger partial charge < -0.3 is 10.2 Å². The molecule has 0 saturated carbocycles. The fourth-order valence-corrected chi connectivity index (χ4v) is 4.04. The maximum atomic E-state index is 14.6. The maximum absolute atomic E-state index is 14.6. The van der Waals surface area contributed by atoms with Crippen molar-refractivity contribution in [2.45, 2.75) is 13.5 Å². The normalized spacial score (nSPS) is 12.8. The molecule has 26 heavy (non-hydrogen) atoms. The van der Waals surface area contributed by atoms with Gasteiger partial charge in [-0.3, -0.25) is 0 Å². The minimum atomic E-state index is -0.596. The molecule has 5 heteroatoms. The van der Waals surface area contributed by atoms with Gasteiger partial charge in [0.1, 0.15) is 5.69 Å². The number of rotatable bonds is 1. The van der Waals surface area contributed by atoms with E-state index in [4.69, 9.17) is 0 Å². The lowest BCUT2D eigenvalue weighted by Gasteiger charge is -2.30. The van der Waals surface area contributed by atoms with E-state index < -0.39 is 11.6 Å². The van der Waals surface area contributed by atoms with Gasteiger partial charge in [0.25, 0.3) is 0 Å². The summed E-state index contributed by atoms with van der Waals surface area (Å²) < 4.78 is 29.3. The lowest BCUT2D eigenvalue weighted by Crippen LogP contribution is -2.34. The topological polar surface area (TPSA) is 15.3 Å². The Morgan fingerprint density at radius 1 is 1.04 bits per heavy atom. The summed E-state index contributed by atoms with van der Waals surface area (Å²) in [4.78, 5) is 2.76. The second-order valence-electron chi connectivity index (χ2n) is 6.15. The van der Waals surface area contributed by atoms with Gasteiger partial charge in [0.05, 0.1) is 18.9 Å². The van der Waals surface area contributed by atoms with E-state index in [1.54, 1.807) is 16.2 Å². The van der Waals surface area contributed by atoms with E-state index in [0.717, 1.165) is 21.7 Å². The van der Waals surface area contributed by atoms with Crippen molar-refractivity contribution in [1.29, 1.82) is 0 Å². The molecule has 0 bridgehead atoms. The average Bonchev–Trinajstić information content (AvgIpc) is 3.01. The zero-order valence-electron chi connectivity index (χ0n) is 14.1. The monoisotopic (exact) mass is 366 g/mol. The van der Waals surface area contributed by atoms with Gasteiger partial charge in [-0.1, -0.05) is 30.0 Å². The molecule has 0 fully saturated rings. The Balaban J connectivity index is 1.62. The number of aryl methyl sites for hydroxylation is 1. The van der Waals surface area contributed by atoms with Crippen LogP contribution in [0.25, 0.3) is 0 Å². The van der Waals surface area contributed by atoms with E-state index in [2.05, 4.69) is 22.5 Å². The smallest absolute Gasteiger partial charge is 0.150 e.